The van der Waals surface area contributed by atoms with Gasteiger partial charge < -0.3 is 14.8 Å². The Labute approximate surface area is 93.5 Å². The highest BCUT2D eigenvalue weighted by atomic mass is 16.5. The second-order valence-corrected chi connectivity index (χ2v) is 4.23. The SMILES string of the molecule is CCCNC1CC(OCCOCCC)C1. The fourth-order valence-corrected chi connectivity index (χ4v) is 1.74. The first-order valence-corrected chi connectivity index (χ1v) is 6.29. The predicted octanol–water partition coefficient (Wildman–Crippen LogP) is 1.96. The summed E-state index contributed by atoms with van der Waals surface area (Å²) in [7, 11) is 0. The average molecular weight is 215 g/mol. The molecule has 1 fully saturated rings. The lowest BCUT2D eigenvalue weighted by atomic mass is 9.89. The maximum atomic E-state index is 5.67. The summed E-state index contributed by atoms with van der Waals surface area (Å²) in [5.41, 5.74) is 0. The summed E-state index contributed by atoms with van der Waals surface area (Å²) in [5.74, 6) is 0. The summed E-state index contributed by atoms with van der Waals surface area (Å²) in [6, 6.07) is 0.700. The van der Waals surface area contributed by atoms with Gasteiger partial charge in [0, 0.05) is 12.6 Å². The van der Waals surface area contributed by atoms with Gasteiger partial charge in [0.15, 0.2) is 0 Å². The summed E-state index contributed by atoms with van der Waals surface area (Å²) < 4.78 is 11.0. The quantitative estimate of drug-likeness (QED) is 0.596. The van der Waals surface area contributed by atoms with E-state index in [1.165, 1.54) is 19.3 Å². The van der Waals surface area contributed by atoms with E-state index >= 15 is 0 Å². The molecule has 3 nitrogen and oxygen atoms in total. The zero-order valence-corrected chi connectivity index (χ0v) is 10.1. The lowest BCUT2D eigenvalue weighted by molar-refractivity contribution is -0.0416. The number of nitrogens with one attached hydrogen (secondary N) is 1. The van der Waals surface area contributed by atoms with E-state index in [2.05, 4.69) is 19.2 Å². The zero-order chi connectivity index (χ0) is 10.9. The molecular weight excluding hydrogens is 190 g/mol. The normalized spacial score (nSPS) is 25.2. The van der Waals surface area contributed by atoms with Gasteiger partial charge in [-0.15, -0.1) is 0 Å². The molecule has 0 aliphatic heterocycles. The van der Waals surface area contributed by atoms with Gasteiger partial charge in [0.05, 0.1) is 19.3 Å². The predicted molar refractivity (Wildman–Crippen MR) is 62.2 cm³/mol. The maximum absolute atomic E-state index is 5.67. The van der Waals surface area contributed by atoms with Crippen molar-refractivity contribution in [3.8, 4) is 0 Å². The van der Waals surface area contributed by atoms with Crippen molar-refractivity contribution in [3.63, 3.8) is 0 Å². The molecule has 0 aromatic carbocycles. The lowest BCUT2D eigenvalue weighted by Crippen LogP contribution is -2.45. The van der Waals surface area contributed by atoms with Gasteiger partial charge in [-0.05, 0) is 32.2 Å². The Kier molecular flexibility index (Phi) is 6.98. The monoisotopic (exact) mass is 215 g/mol. The highest BCUT2D eigenvalue weighted by molar-refractivity contribution is 4.85. The van der Waals surface area contributed by atoms with Gasteiger partial charge in [0.25, 0.3) is 0 Å². The molecule has 1 N–H and O–H groups in total. The van der Waals surface area contributed by atoms with Crippen LogP contribution in [0.4, 0.5) is 0 Å². The first kappa shape index (κ1) is 12.9. The van der Waals surface area contributed by atoms with Crippen LogP contribution in [-0.4, -0.2) is 38.5 Å². The van der Waals surface area contributed by atoms with Crippen LogP contribution in [0.3, 0.4) is 0 Å². The van der Waals surface area contributed by atoms with E-state index in [4.69, 9.17) is 9.47 Å². The van der Waals surface area contributed by atoms with Crippen molar-refractivity contribution >= 4 is 0 Å². The summed E-state index contributed by atoms with van der Waals surface area (Å²) >= 11 is 0. The van der Waals surface area contributed by atoms with Crippen LogP contribution in [0.5, 0.6) is 0 Å². The number of rotatable bonds is 9. The van der Waals surface area contributed by atoms with Gasteiger partial charge in [-0.25, -0.2) is 0 Å². The van der Waals surface area contributed by atoms with Crippen molar-refractivity contribution < 1.29 is 9.47 Å². The van der Waals surface area contributed by atoms with Gasteiger partial charge in [-0.3, -0.25) is 0 Å². The molecule has 0 heterocycles. The molecule has 0 aromatic rings. The summed E-state index contributed by atoms with van der Waals surface area (Å²) in [4.78, 5) is 0. The number of hydrogen-bond donors (Lipinski definition) is 1. The molecule has 0 unspecified atom stereocenters. The molecule has 90 valence electrons. The van der Waals surface area contributed by atoms with E-state index < -0.39 is 0 Å². The zero-order valence-electron chi connectivity index (χ0n) is 10.1. The molecule has 0 aromatic heterocycles. The molecule has 0 radical (unpaired) electrons. The number of ether oxygens (including phenoxy) is 2. The third kappa shape index (κ3) is 5.50. The standard InChI is InChI=1S/C12H25NO2/c1-3-5-13-11-9-12(10-11)15-8-7-14-6-4-2/h11-13H,3-10H2,1-2H3. The Balaban J connectivity index is 1.81. The third-order valence-electron chi connectivity index (χ3n) is 2.71. The maximum Gasteiger partial charge on any atom is 0.0704 e. The van der Waals surface area contributed by atoms with Gasteiger partial charge in [0.1, 0.15) is 0 Å². The van der Waals surface area contributed by atoms with Crippen LogP contribution in [0.1, 0.15) is 39.5 Å². The van der Waals surface area contributed by atoms with Crippen LogP contribution in [-0.2, 0) is 9.47 Å². The Morgan fingerprint density at radius 2 is 1.87 bits per heavy atom. The van der Waals surface area contributed by atoms with E-state index in [0.717, 1.165) is 32.8 Å². The van der Waals surface area contributed by atoms with Crippen LogP contribution < -0.4 is 5.32 Å². The highest BCUT2D eigenvalue weighted by Gasteiger charge is 2.28. The molecule has 0 saturated heterocycles. The van der Waals surface area contributed by atoms with Crippen molar-refractivity contribution in [2.45, 2.75) is 51.7 Å². The fraction of sp³-hybridized carbons (Fsp3) is 1.00. The minimum atomic E-state index is 0.476. The third-order valence-corrected chi connectivity index (χ3v) is 2.71. The van der Waals surface area contributed by atoms with Crippen LogP contribution in [0.2, 0.25) is 0 Å². The molecule has 0 atom stereocenters. The van der Waals surface area contributed by atoms with Crippen molar-refractivity contribution in [2.24, 2.45) is 0 Å². The molecule has 0 bridgehead atoms. The molecule has 0 spiro atoms. The minimum absolute atomic E-state index is 0.476. The lowest BCUT2D eigenvalue weighted by Gasteiger charge is -2.35. The minimum Gasteiger partial charge on any atom is -0.379 e. The second kappa shape index (κ2) is 8.08. The molecule has 0 amide bonds. The summed E-state index contributed by atoms with van der Waals surface area (Å²) in [6.45, 7) is 7.82. The fourth-order valence-electron chi connectivity index (χ4n) is 1.74. The van der Waals surface area contributed by atoms with E-state index in [0.29, 0.717) is 12.1 Å². The van der Waals surface area contributed by atoms with Crippen LogP contribution >= 0.6 is 0 Å². The molecular formula is C12H25NO2. The Hall–Kier alpha value is -0.120. The topological polar surface area (TPSA) is 30.5 Å². The van der Waals surface area contributed by atoms with E-state index in [-0.39, 0.29) is 0 Å². The summed E-state index contributed by atoms with van der Waals surface area (Å²) in [5, 5.41) is 3.50. The molecule has 1 aliphatic carbocycles. The van der Waals surface area contributed by atoms with E-state index in [1.807, 2.05) is 0 Å². The van der Waals surface area contributed by atoms with Gasteiger partial charge >= 0.3 is 0 Å². The summed E-state index contributed by atoms with van der Waals surface area (Å²) in [6.07, 6.45) is 5.13. The smallest absolute Gasteiger partial charge is 0.0704 e. The average Bonchev–Trinajstić information content (AvgIpc) is 2.19. The van der Waals surface area contributed by atoms with Crippen LogP contribution in [0.15, 0.2) is 0 Å². The molecule has 1 saturated carbocycles. The van der Waals surface area contributed by atoms with Crippen LogP contribution in [0, 0.1) is 0 Å². The Morgan fingerprint density at radius 3 is 2.53 bits per heavy atom. The van der Waals surface area contributed by atoms with Gasteiger partial charge in [0.2, 0.25) is 0 Å². The van der Waals surface area contributed by atoms with E-state index in [9.17, 15) is 0 Å². The van der Waals surface area contributed by atoms with Gasteiger partial charge in [-0.2, -0.15) is 0 Å². The molecule has 3 heteroatoms. The molecule has 15 heavy (non-hydrogen) atoms. The van der Waals surface area contributed by atoms with Crippen molar-refractivity contribution in [2.75, 3.05) is 26.4 Å². The van der Waals surface area contributed by atoms with Gasteiger partial charge in [-0.1, -0.05) is 13.8 Å². The van der Waals surface area contributed by atoms with E-state index in [1.54, 1.807) is 0 Å². The largest absolute Gasteiger partial charge is 0.379 e. The highest BCUT2D eigenvalue weighted by Crippen LogP contribution is 2.22. The Morgan fingerprint density at radius 1 is 1.07 bits per heavy atom. The second-order valence-electron chi connectivity index (χ2n) is 4.23. The molecule has 1 aliphatic rings. The Bertz CT molecular complexity index is 147. The van der Waals surface area contributed by atoms with Crippen molar-refractivity contribution in [1.29, 1.82) is 0 Å². The van der Waals surface area contributed by atoms with Crippen molar-refractivity contribution in [3.05, 3.63) is 0 Å². The van der Waals surface area contributed by atoms with Crippen LogP contribution in [0.25, 0.3) is 0 Å². The van der Waals surface area contributed by atoms with Crippen molar-refractivity contribution in [1.82, 2.24) is 5.32 Å². The number of hydrogen-bond acceptors (Lipinski definition) is 3. The first-order chi connectivity index (χ1) is 7.36. The molecule has 1 rings (SSSR count). The first-order valence-electron chi connectivity index (χ1n) is 6.29.